The Balaban J connectivity index is 1.65. The Labute approximate surface area is 187 Å². The second-order valence-corrected chi connectivity index (χ2v) is 7.44. The van der Waals surface area contributed by atoms with Crippen LogP contribution in [0.5, 0.6) is 11.5 Å². The number of thioether (sulfide) groups is 1. The van der Waals surface area contributed by atoms with Crippen LogP contribution in [0, 0.1) is 0 Å². The molecule has 0 unspecified atom stereocenters. The second-order valence-electron chi connectivity index (χ2n) is 6.09. The molecule has 3 aromatic rings. The van der Waals surface area contributed by atoms with Gasteiger partial charge in [-0.1, -0.05) is 23.4 Å². The van der Waals surface area contributed by atoms with Crippen LogP contribution in [-0.2, 0) is 9.53 Å². The topological polar surface area (TPSA) is 115 Å². The molecular weight excluding hydrogens is 444 g/mol. The van der Waals surface area contributed by atoms with E-state index in [9.17, 15) is 9.59 Å². The predicted molar refractivity (Wildman–Crippen MR) is 117 cm³/mol. The van der Waals surface area contributed by atoms with Crippen molar-refractivity contribution in [1.29, 1.82) is 0 Å². The lowest BCUT2D eigenvalue weighted by Gasteiger charge is -2.08. The Morgan fingerprint density at radius 3 is 2.45 bits per heavy atom. The molecular formula is C20H19ClN4O5S. The summed E-state index contributed by atoms with van der Waals surface area (Å²) in [6.07, 6.45) is 0. The summed E-state index contributed by atoms with van der Waals surface area (Å²) in [5, 5.41) is 10.3. The first kappa shape index (κ1) is 22.4. The van der Waals surface area contributed by atoms with Crippen molar-refractivity contribution >= 4 is 40.9 Å². The molecule has 11 heteroatoms. The Morgan fingerprint density at radius 2 is 1.81 bits per heavy atom. The highest BCUT2D eigenvalue weighted by Crippen LogP contribution is 2.29. The minimum absolute atomic E-state index is 0.0392. The van der Waals surface area contributed by atoms with E-state index >= 15 is 0 Å². The van der Waals surface area contributed by atoms with Gasteiger partial charge in [-0.3, -0.25) is 9.89 Å². The van der Waals surface area contributed by atoms with Gasteiger partial charge < -0.3 is 19.5 Å². The number of ether oxygens (including phenoxy) is 3. The van der Waals surface area contributed by atoms with Gasteiger partial charge in [-0.2, -0.15) is 0 Å². The number of nitrogens with one attached hydrogen (secondary N) is 2. The maximum Gasteiger partial charge on any atom is 0.337 e. The largest absolute Gasteiger partial charge is 0.497 e. The lowest BCUT2D eigenvalue weighted by molar-refractivity contribution is -0.113. The summed E-state index contributed by atoms with van der Waals surface area (Å²) in [5.74, 6) is 0.925. The normalized spacial score (nSPS) is 10.5. The van der Waals surface area contributed by atoms with Gasteiger partial charge in [0.05, 0.1) is 43.4 Å². The number of methoxy groups -OCH3 is 3. The molecule has 1 aromatic heterocycles. The van der Waals surface area contributed by atoms with E-state index in [1.54, 1.807) is 32.4 Å². The Morgan fingerprint density at radius 1 is 1.10 bits per heavy atom. The maximum atomic E-state index is 12.3. The number of rotatable bonds is 8. The lowest BCUT2D eigenvalue weighted by atomic mass is 10.2. The third-order valence-electron chi connectivity index (χ3n) is 4.08. The van der Waals surface area contributed by atoms with E-state index in [-0.39, 0.29) is 17.2 Å². The van der Waals surface area contributed by atoms with Crippen LogP contribution in [0.25, 0.3) is 11.4 Å². The average Bonchev–Trinajstić information content (AvgIpc) is 3.27. The van der Waals surface area contributed by atoms with Crippen LogP contribution >= 0.6 is 23.4 Å². The van der Waals surface area contributed by atoms with Gasteiger partial charge in [-0.05, 0) is 30.3 Å². The Bertz CT molecular complexity index is 1080. The molecule has 162 valence electrons. The van der Waals surface area contributed by atoms with E-state index in [1.807, 2.05) is 0 Å². The molecule has 2 N–H and O–H groups in total. The van der Waals surface area contributed by atoms with Crippen molar-refractivity contribution in [2.24, 2.45) is 0 Å². The van der Waals surface area contributed by atoms with Gasteiger partial charge in [0.15, 0.2) is 5.82 Å². The molecule has 1 amide bonds. The average molecular weight is 463 g/mol. The minimum Gasteiger partial charge on any atom is -0.497 e. The number of halogens is 1. The summed E-state index contributed by atoms with van der Waals surface area (Å²) in [6, 6.07) is 9.82. The zero-order chi connectivity index (χ0) is 22.4. The van der Waals surface area contributed by atoms with Crippen LogP contribution in [0.3, 0.4) is 0 Å². The standard InChI is InChI=1S/C20H19ClN4O5S/c1-28-13-6-12(7-14(9-13)29-2)18-23-20(25-24-18)31-10-17(26)22-16-8-11(19(27)30-3)4-5-15(16)21/h4-9H,10H2,1-3H3,(H,22,26)(H,23,24,25). The zero-order valence-electron chi connectivity index (χ0n) is 16.9. The van der Waals surface area contributed by atoms with Gasteiger partial charge in [-0.15, -0.1) is 5.10 Å². The highest BCUT2D eigenvalue weighted by molar-refractivity contribution is 7.99. The summed E-state index contributed by atoms with van der Waals surface area (Å²) in [5.41, 5.74) is 1.32. The van der Waals surface area contributed by atoms with Crippen molar-refractivity contribution < 1.29 is 23.8 Å². The predicted octanol–water partition coefficient (Wildman–Crippen LogP) is 3.66. The fraction of sp³-hybridized carbons (Fsp3) is 0.200. The van der Waals surface area contributed by atoms with Crippen molar-refractivity contribution in [1.82, 2.24) is 15.2 Å². The van der Waals surface area contributed by atoms with Crippen LogP contribution in [-0.4, -0.2) is 54.1 Å². The fourth-order valence-electron chi connectivity index (χ4n) is 2.57. The number of amides is 1. The van der Waals surface area contributed by atoms with Gasteiger partial charge in [0.2, 0.25) is 11.1 Å². The molecule has 0 saturated heterocycles. The molecule has 0 aliphatic rings. The summed E-state index contributed by atoms with van der Waals surface area (Å²) < 4.78 is 15.2. The molecule has 0 spiro atoms. The van der Waals surface area contributed by atoms with Crippen LogP contribution < -0.4 is 14.8 Å². The van der Waals surface area contributed by atoms with E-state index in [1.165, 1.54) is 25.3 Å². The first-order valence-electron chi connectivity index (χ1n) is 8.90. The quantitative estimate of drug-likeness (QED) is 0.385. The van der Waals surface area contributed by atoms with Crippen LogP contribution in [0.15, 0.2) is 41.6 Å². The molecule has 9 nitrogen and oxygen atoms in total. The highest BCUT2D eigenvalue weighted by atomic mass is 35.5. The zero-order valence-corrected chi connectivity index (χ0v) is 18.5. The molecule has 0 saturated carbocycles. The van der Waals surface area contributed by atoms with Crippen molar-refractivity contribution in [2.75, 3.05) is 32.4 Å². The number of H-pyrrole nitrogens is 1. The molecule has 0 fully saturated rings. The maximum absolute atomic E-state index is 12.3. The number of aromatic amines is 1. The van der Waals surface area contributed by atoms with E-state index in [0.717, 1.165) is 17.3 Å². The molecule has 3 rings (SSSR count). The van der Waals surface area contributed by atoms with Gasteiger partial charge in [-0.25, -0.2) is 9.78 Å². The van der Waals surface area contributed by atoms with Crippen LogP contribution in [0.1, 0.15) is 10.4 Å². The van der Waals surface area contributed by atoms with Gasteiger partial charge in [0.1, 0.15) is 11.5 Å². The number of aromatic nitrogens is 3. The SMILES string of the molecule is COC(=O)c1ccc(Cl)c(NC(=O)CSc2n[nH]c(-c3cc(OC)cc(OC)c3)n2)c1. The Kier molecular flexibility index (Phi) is 7.37. The first-order chi connectivity index (χ1) is 14.9. The summed E-state index contributed by atoms with van der Waals surface area (Å²) >= 11 is 7.24. The van der Waals surface area contributed by atoms with Crippen molar-refractivity contribution in [3.63, 3.8) is 0 Å². The smallest absolute Gasteiger partial charge is 0.337 e. The van der Waals surface area contributed by atoms with E-state index in [4.69, 9.17) is 21.1 Å². The summed E-state index contributed by atoms with van der Waals surface area (Å²) in [7, 11) is 4.40. The van der Waals surface area contributed by atoms with Gasteiger partial charge in [0.25, 0.3) is 0 Å². The number of carbonyl (C=O) groups is 2. The van der Waals surface area contributed by atoms with Gasteiger partial charge >= 0.3 is 5.97 Å². The lowest BCUT2D eigenvalue weighted by Crippen LogP contribution is -2.15. The third kappa shape index (κ3) is 5.68. The highest BCUT2D eigenvalue weighted by Gasteiger charge is 2.14. The number of benzene rings is 2. The van der Waals surface area contributed by atoms with Crippen molar-refractivity contribution in [2.45, 2.75) is 5.16 Å². The van der Waals surface area contributed by atoms with Gasteiger partial charge in [0, 0.05) is 11.6 Å². The first-order valence-corrected chi connectivity index (χ1v) is 10.3. The number of esters is 1. The minimum atomic E-state index is -0.524. The molecule has 2 aromatic carbocycles. The monoisotopic (exact) mass is 462 g/mol. The van der Waals surface area contributed by atoms with Crippen LogP contribution in [0.4, 0.5) is 5.69 Å². The van der Waals surface area contributed by atoms with E-state index in [0.29, 0.717) is 33.2 Å². The Hall–Kier alpha value is -3.24. The number of hydrogen-bond acceptors (Lipinski definition) is 8. The van der Waals surface area contributed by atoms with Crippen molar-refractivity contribution in [3.05, 3.63) is 47.0 Å². The molecule has 0 bridgehead atoms. The number of hydrogen-bond donors (Lipinski definition) is 2. The van der Waals surface area contributed by atoms with Crippen molar-refractivity contribution in [3.8, 4) is 22.9 Å². The molecule has 0 aliphatic carbocycles. The molecule has 0 aliphatic heterocycles. The van der Waals surface area contributed by atoms with E-state index in [2.05, 4.69) is 25.2 Å². The van der Waals surface area contributed by atoms with Crippen LogP contribution in [0.2, 0.25) is 5.02 Å². The fourth-order valence-corrected chi connectivity index (χ4v) is 3.33. The summed E-state index contributed by atoms with van der Waals surface area (Å²) in [6.45, 7) is 0. The third-order valence-corrected chi connectivity index (χ3v) is 5.26. The molecule has 31 heavy (non-hydrogen) atoms. The molecule has 1 heterocycles. The second kappa shape index (κ2) is 10.2. The summed E-state index contributed by atoms with van der Waals surface area (Å²) in [4.78, 5) is 28.4. The molecule has 0 radical (unpaired) electrons. The molecule has 0 atom stereocenters. The number of carbonyl (C=O) groups excluding carboxylic acids is 2. The number of anilines is 1. The number of nitrogens with zero attached hydrogens (tertiary/aromatic N) is 2. The van der Waals surface area contributed by atoms with E-state index < -0.39 is 5.97 Å².